The van der Waals surface area contributed by atoms with Gasteiger partial charge in [0, 0.05) is 43.9 Å². The van der Waals surface area contributed by atoms with Gasteiger partial charge in [0.1, 0.15) is 11.6 Å². The number of ether oxygens (including phenoxy) is 2. The molecule has 1 saturated heterocycles. The third-order valence-electron chi connectivity index (χ3n) is 5.33. The molecule has 3 aromatic rings. The molecule has 1 aliphatic rings. The van der Waals surface area contributed by atoms with Crippen LogP contribution in [0.2, 0.25) is 5.02 Å². The summed E-state index contributed by atoms with van der Waals surface area (Å²) in [7, 11) is 3.23. The highest BCUT2D eigenvalue weighted by molar-refractivity contribution is 6.30. The van der Waals surface area contributed by atoms with Crippen molar-refractivity contribution in [3.63, 3.8) is 0 Å². The lowest BCUT2D eigenvalue weighted by atomic mass is 10.1. The van der Waals surface area contributed by atoms with Crippen LogP contribution in [0.4, 0.5) is 0 Å². The summed E-state index contributed by atoms with van der Waals surface area (Å²) in [5, 5.41) is 0.540. The molecule has 4 rings (SSSR count). The first kappa shape index (κ1) is 19.7. The number of nitrogens with zero attached hydrogens (tertiary/aromatic N) is 4. The average molecular weight is 415 g/mol. The maximum Gasteiger partial charge on any atom is 0.257 e. The van der Waals surface area contributed by atoms with Gasteiger partial charge in [-0.25, -0.2) is 4.98 Å². The summed E-state index contributed by atoms with van der Waals surface area (Å²) in [6, 6.07) is 7.01. The Morgan fingerprint density at radius 3 is 2.97 bits per heavy atom. The normalized spacial score (nSPS) is 16.5. The summed E-state index contributed by atoms with van der Waals surface area (Å²) >= 11 is 6.03. The molecular weight excluding hydrogens is 392 g/mol. The van der Waals surface area contributed by atoms with Crippen LogP contribution >= 0.6 is 11.6 Å². The number of amides is 1. The minimum absolute atomic E-state index is 0.0535. The predicted molar refractivity (Wildman–Crippen MR) is 111 cm³/mol. The fourth-order valence-corrected chi connectivity index (χ4v) is 4.05. The van der Waals surface area contributed by atoms with Crippen LogP contribution < -0.4 is 4.74 Å². The topological polar surface area (TPSA) is 69.5 Å². The number of benzene rings is 1. The Morgan fingerprint density at radius 1 is 1.31 bits per heavy atom. The molecule has 0 radical (unpaired) electrons. The van der Waals surface area contributed by atoms with E-state index >= 15 is 0 Å². The van der Waals surface area contributed by atoms with Gasteiger partial charge in [-0.05, 0) is 30.7 Å². The molecule has 0 N–H and O–H groups in total. The SMILES string of the molecule is COCCn1c(C2CCN(C(=O)c3ccc(Cl)cc3OC)C2)nc2ccncc21. The van der Waals surface area contributed by atoms with Crippen molar-refractivity contribution in [2.75, 3.05) is 33.9 Å². The Labute approximate surface area is 174 Å². The quantitative estimate of drug-likeness (QED) is 0.618. The Bertz CT molecular complexity index is 1040. The molecule has 152 valence electrons. The first-order valence-electron chi connectivity index (χ1n) is 9.54. The average Bonchev–Trinajstić information content (AvgIpc) is 3.36. The summed E-state index contributed by atoms with van der Waals surface area (Å²) in [5.74, 6) is 1.57. The second-order valence-electron chi connectivity index (χ2n) is 7.06. The standard InChI is InChI=1S/C21H23ClN4O3/c1-28-10-9-26-18-12-23-7-5-17(18)24-20(26)14-6-8-25(13-14)21(27)16-4-3-15(22)11-19(16)29-2/h3-5,7,11-12,14H,6,8-10,13H2,1-2H3. The van der Waals surface area contributed by atoms with Crippen LogP contribution in [0.1, 0.15) is 28.5 Å². The highest BCUT2D eigenvalue weighted by atomic mass is 35.5. The largest absolute Gasteiger partial charge is 0.496 e. The molecule has 8 heteroatoms. The van der Waals surface area contributed by atoms with E-state index in [0.29, 0.717) is 42.6 Å². The molecule has 1 amide bonds. The van der Waals surface area contributed by atoms with Crippen molar-refractivity contribution >= 4 is 28.5 Å². The Kier molecular flexibility index (Phi) is 5.69. The molecule has 1 fully saturated rings. The number of rotatable bonds is 6. The van der Waals surface area contributed by atoms with Gasteiger partial charge in [0.25, 0.3) is 5.91 Å². The van der Waals surface area contributed by atoms with Gasteiger partial charge in [0.05, 0.1) is 36.5 Å². The Balaban J connectivity index is 1.59. The molecule has 1 unspecified atom stereocenters. The second kappa shape index (κ2) is 8.39. The van der Waals surface area contributed by atoms with E-state index < -0.39 is 0 Å². The zero-order chi connectivity index (χ0) is 20.4. The molecule has 0 spiro atoms. The van der Waals surface area contributed by atoms with E-state index in [9.17, 15) is 4.79 Å². The highest BCUT2D eigenvalue weighted by Crippen LogP contribution is 2.32. The van der Waals surface area contributed by atoms with E-state index in [-0.39, 0.29) is 11.8 Å². The number of halogens is 1. The van der Waals surface area contributed by atoms with Crippen LogP contribution in [-0.2, 0) is 11.3 Å². The monoisotopic (exact) mass is 414 g/mol. The van der Waals surface area contributed by atoms with Crippen molar-refractivity contribution in [3.05, 3.63) is 53.1 Å². The summed E-state index contributed by atoms with van der Waals surface area (Å²) in [6.45, 7) is 2.56. The van der Waals surface area contributed by atoms with Gasteiger partial charge in [0.2, 0.25) is 0 Å². The lowest BCUT2D eigenvalue weighted by Gasteiger charge is -2.19. The third-order valence-corrected chi connectivity index (χ3v) is 5.57. The number of hydrogen-bond acceptors (Lipinski definition) is 5. The van der Waals surface area contributed by atoms with Crippen LogP contribution in [0.5, 0.6) is 5.75 Å². The Morgan fingerprint density at radius 2 is 2.17 bits per heavy atom. The first-order valence-corrected chi connectivity index (χ1v) is 9.92. The van der Waals surface area contributed by atoms with Gasteiger partial charge in [-0.2, -0.15) is 0 Å². The summed E-state index contributed by atoms with van der Waals surface area (Å²) < 4.78 is 12.8. The molecule has 1 atom stereocenters. The van der Waals surface area contributed by atoms with Gasteiger partial charge in [-0.15, -0.1) is 0 Å². The zero-order valence-electron chi connectivity index (χ0n) is 16.5. The minimum Gasteiger partial charge on any atom is -0.496 e. The van der Waals surface area contributed by atoms with Crippen molar-refractivity contribution in [1.82, 2.24) is 19.4 Å². The van der Waals surface area contributed by atoms with Gasteiger partial charge in [-0.1, -0.05) is 11.6 Å². The molecule has 7 nitrogen and oxygen atoms in total. The number of methoxy groups -OCH3 is 2. The molecule has 2 aromatic heterocycles. The number of pyridine rings is 1. The van der Waals surface area contributed by atoms with Crippen molar-refractivity contribution in [2.45, 2.75) is 18.9 Å². The van der Waals surface area contributed by atoms with Crippen molar-refractivity contribution in [2.24, 2.45) is 0 Å². The van der Waals surface area contributed by atoms with Crippen molar-refractivity contribution in [1.29, 1.82) is 0 Å². The molecule has 0 saturated carbocycles. The first-order chi connectivity index (χ1) is 14.1. The van der Waals surface area contributed by atoms with Gasteiger partial charge < -0.3 is 18.9 Å². The fraction of sp³-hybridized carbons (Fsp3) is 0.381. The molecule has 0 aliphatic carbocycles. The number of carbonyl (C=O) groups excluding carboxylic acids is 1. The molecule has 1 aromatic carbocycles. The number of imidazole rings is 1. The molecular formula is C21H23ClN4O3. The van der Waals surface area contributed by atoms with Crippen LogP contribution in [0.25, 0.3) is 11.0 Å². The van der Waals surface area contributed by atoms with E-state index in [1.807, 2.05) is 17.2 Å². The third kappa shape index (κ3) is 3.80. The number of likely N-dealkylation sites (tertiary alicyclic amines) is 1. The van der Waals surface area contributed by atoms with E-state index in [4.69, 9.17) is 26.1 Å². The zero-order valence-corrected chi connectivity index (χ0v) is 17.2. The summed E-state index contributed by atoms with van der Waals surface area (Å²) in [4.78, 5) is 24.0. The second-order valence-corrected chi connectivity index (χ2v) is 7.50. The minimum atomic E-state index is -0.0535. The van der Waals surface area contributed by atoms with E-state index in [1.54, 1.807) is 38.6 Å². The number of fused-ring (bicyclic) bond motifs is 1. The highest BCUT2D eigenvalue weighted by Gasteiger charge is 2.32. The molecule has 1 aliphatic heterocycles. The van der Waals surface area contributed by atoms with Crippen molar-refractivity contribution in [3.8, 4) is 5.75 Å². The fourth-order valence-electron chi connectivity index (χ4n) is 3.89. The molecule has 29 heavy (non-hydrogen) atoms. The van der Waals surface area contributed by atoms with E-state index in [2.05, 4.69) is 9.55 Å². The van der Waals surface area contributed by atoms with Gasteiger partial charge >= 0.3 is 0 Å². The van der Waals surface area contributed by atoms with Gasteiger partial charge in [-0.3, -0.25) is 9.78 Å². The van der Waals surface area contributed by atoms with Crippen LogP contribution in [-0.4, -0.2) is 59.3 Å². The van der Waals surface area contributed by atoms with Crippen LogP contribution in [0.3, 0.4) is 0 Å². The van der Waals surface area contributed by atoms with Crippen LogP contribution in [0.15, 0.2) is 36.7 Å². The maximum absolute atomic E-state index is 13.1. The van der Waals surface area contributed by atoms with Crippen molar-refractivity contribution < 1.29 is 14.3 Å². The van der Waals surface area contributed by atoms with E-state index in [0.717, 1.165) is 23.3 Å². The van der Waals surface area contributed by atoms with E-state index in [1.165, 1.54) is 0 Å². The Hall–Kier alpha value is -2.64. The molecule has 0 bridgehead atoms. The molecule has 3 heterocycles. The number of carbonyl (C=O) groups is 1. The summed E-state index contributed by atoms with van der Waals surface area (Å²) in [5.41, 5.74) is 2.42. The lowest BCUT2D eigenvalue weighted by Crippen LogP contribution is -2.29. The van der Waals surface area contributed by atoms with Crippen LogP contribution in [0, 0.1) is 0 Å². The lowest BCUT2D eigenvalue weighted by molar-refractivity contribution is 0.0787. The predicted octanol–water partition coefficient (Wildman–Crippen LogP) is 3.37. The smallest absolute Gasteiger partial charge is 0.257 e. The van der Waals surface area contributed by atoms with Gasteiger partial charge in [0.15, 0.2) is 0 Å². The number of hydrogen-bond donors (Lipinski definition) is 0. The summed E-state index contributed by atoms with van der Waals surface area (Å²) in [6.07, 6.45) is 4.43. The number of aromatic nitrogens is 3. The maximum atomic E-state index is 13.1.